The molecule has 1 aliphatic heterocycles. The number of hydrogen-bond acceptors (Lipinski definition) is 4. The van der Waals surface area contributed by atoms with Gasteiger partial charge in [0.05, 0.1) is 33.5 Å². The molecule has 6 nitrogen and oxygen atoms in total. The van der Waals surface area contributed by atoms with Crippen LogP contribution in [0.4, 0.5) is 0 Å². The highest BCUT2D eigenvalue weighted by atomic mass is 35.5. The van der Waals surface area contributed by atoms with Crippen molar-refractivity contribution in [3.05, 3.63) is 40.1 Å². The standard InChI is InChI=1S/C14H14Cl2N4O2/c15-11-2-1-3-12(13(11)16)20-8-10(17-18-20)7-19-5-4-9(6-19)14(21)22/h1-3,8-9H,4-7H2,(H,21,22). The second-order valence-corrected chi connectivity index (χ2v) is 6.07. The van der Waals surface area contributed by atoms with E-state index < -0.39 is 5.97 Å². The first kappa shape index (κ1) is 15.3. The molecule has 0 radical (unpaired) electrons. The van der Waals surface area contributed by atoms with Gasteiger partial charge in [0.25, 0.3) is 0 Å². The van der Waals surface area contributed by atoms with E-state index in [9.17, 15) is 4.79 Å². The van der Waals surface area contributed by atoms with Crippen molar-refractivity contribution in [3.63, 3.8) is 0 Å². The van der Waals surface area contributed by atoms with Gasteiger partial charge in [0.15, 0.2) is 0 Å². The van der Waals surface area contributed by atoms with Crippen molar-refractivity contribution in [1.82, 2.24) is 19.9 Å². The summed E-state index contributed by atoms with van der Waals surface area (Å²) in [6, 6.07) is 5.31. The van der Waals surface area contributed by atoms with Crippen molar-refractivity contribution in [2.24, 2.45) is 5.92 Å². The fourth-order valence-corrected chi connectivity index (χ4v) is 2.95. The predicted molar refractivity (Wildman–Crippen MR) is 82.4 cm³/mol. The third kappa shape index (κ3) is 3.09. The minimum atomic E-state index is -0.739. The Hall–Kier alpha value is -1.63. The van der Waals surface area contributed by atoms with Crippen LogP contribution in [-0.2, 0) is 11.3 Å². The Morgan fingerprint density at radius 3 is 2.95 bits per heavy atom. The molecule has 2 aromatic rings. The van der Waals surface area contributed by atoms with E-state index >= 15 is 0 Å². The maximum Gasteiger partial charge on any atom is 0.307 e. The number of rotatable bonds is 4. The maximum atomic E-state index is 11.0. The second kappa shape index (κ2) is 6.24. The van der Waals surface area contributed by atoms with E-state index in [1.807, 2.05) is 6.07 Å². The summed E-state index contributed by atoms with van der Waals surface area (Å²) in [5.74, 6) is -1.03. The van der Waals surface area contributed by atoms with Crippen LogP contribution >= 0.6 is 23.2 Å². The minimum absolute atomic E-state index is 0.294. The number of carbonyl (C=O) groups is 1. The molecular formula is C14H14Cl2N4O2. The van der Waals surface area contributed by atoms with Gasteiger partial charge in [0.2, 0.25) is 0 Å². The summed E-state index contributed by atoms with van der Waals surface area (Å²) in [4.78, 5) is 13.0. The molecule has 1 N–H and O–H groups in total. The molecule has 1 aliphatic rings. The molecule has 0 bridgehead atoms. The van der Waals surface area contributed by atoms with Crippen molar-refractivity contribution in [3.8, 4) is 5.69 Å². The van der Waals surface area contributed by atoms with Gasteiger partial charge in [-0.1, -0.05) is 34.5 Å². The monoisotopic (exact) mass is 340 g/mol. The number of benzene rings is 1. The number of nitrogens with zero attached hydrogens (tertiary/aromatic N) is 4. The maximum absolute atomic E-state index is 11.0. The Kier molecular flexibility index (Phi) is 4.33. The van der Waals surface area contributed by atoms with Crippen LogP contribution in [0.5, 0.6) is 0 Å². The van der Waals surface area contributed by atoms with Crippen LogP contribution in [-0.4, -0.2) is 44.1 Å². The van der Waals surface area contributed by atoms with Gasteiger partial charge in [0.1, 0.15) is 0 Å². The molecule has 1 atom stereocenters. The number of aromatic nitrogens is 3. The molecule has 8 heteroatoms. The molecule has 0 aliphatic carbocycles. The largest absolute Gasteiger partial charge is 0.481 e. The first-order valence-electron chi connectivity index (χ1n) is 6.85. The Balaban J connectivity index is 1.72. The summed E-state index contributed by atoms with van der Waals surface area (Å²) in [6.45, 7) is 1.86. The third-order valence-electron chi connectivity index (χ3n) is 3.73. The number of carboxylic acid groups (broad SMARTS) is 1. The predicted octanol–water partition coefficient (Wildman–Crippen LogP) is 2.48. The molecule has 1 saturated heterocycles. The summed E-state index contributed by atoms with van der Waals surface area (Å²) in [7, 11) is 0. The van der Waals surface area contributed by atoms with E-state index in [-0.39, 0.29) is 5.92 Å². The van der Waals surface area contributed by atoms with Gasteiger partial charge in [-0.3, -0.25) is 9.69 Å². The molecule has 1 unspecified atom stereocenters. The first-order valence-corrected chi connectivity index (χ1v) is 7.61. The van der Waals surface area contributed by atoms with Crippen molar-refractivity contribution >= 4 is 29.2 Å². The summed E-state index contributed by atoms with van der Waals surface area (Å²) < 4.78 is 1.58. The molecule has 2 heterocycles. The van der Waals surface area contributed by atoms with Gasteiger partial charge in [0, 0.05) is 13.1 Å². The van der Waals surface area contributed by atoms with Crippen molar-refractivity contribution in [2.75, 3.05) is 13.1 Å². The van der Waals surface area contributed by atoms with Crippen LogP contribution in [0.15, 0.2) is 24.4 Å². The van der Waals surface area contributed by atoms with E-state index in [0.717, 1.165) is 12.2 Å². The summed E-state index contributed by atoms with van der Waals surface area (Å²) in [5.41, 5.74) is 1.43. The molecule has 3 rings (SSSR count). The highest BCUT2D eigenvalue weighted by molar-refractivity contribution is 6.43. The van der Waals surface area contributed by atoms with Crippen LogP contribution in [0.1, 0.15) is 12.1 Å². The van der Waals surface area contributed by atoms with Gasteiger partial charge in [-0.15, -0.1) is 5.10 Å². The van der Waals surface area contributed by atoms with Crippen LogP contribution < -0.4 is 0 Å². The molecule has 0 amide bonds. The van der Waals surface area contributed by atoms with Gasteiger partial charge < -0.3 is 5.11 Å². The molecule has 116 valence electrons. The van der Waals surface area contributed by atoms with Gasteiger partial charge >= 0.3 is 5.97 Å². The van der Waals surface area contributed by atoms with Crippen LogP contribution in [0.25, 0.3) is 5.69 Å². The van der Waals surface area contributed by atoms with Crippen molar-refractivity contribution in [2.45, 2.75) is 13.0 Å². The molecule has 1 aromatic carbocycles. The smallest absolute Gasteiger partial charge is 0.307 e. The minimum Gasteiger partial charge on any atom is -0.481 e. The van der Waals surface area contributed by atoms with E-state index in [2.05, 4.69) is 15.2 Å². The SMILES string of the molecule is O=C(O)C1CCN(Cc2cn(-c3cccc(Cl)c3Cl)nn2)C1. The normalized spacial score (nSPS) is 18.7. The highest BCUT2D eigenvalue weighted by Crippen LogP contribution is 2.28. The van der Waals surface area contributed by atoms with E-state index in [0.29, 0.717) is 35.2 Å². The Morgan fingerprint density at radius 2 is 2.23 bits per heavy atom. The zero-order valence-electron chi connectivity index (χ0n) is 11.6. The highest BCUT2D eigenvalue weighted by Gasteiger charge is 2.28. The molecule has 1 aromatic heterocycles. The summed E-state index contributed by atoms with van der Waals surface area (Å²) in [6.07, 6.45) is 2.45. The lowest BCUT2D eigenvalue weighted by molar-refractivity contribution is -0.141. The number of carboxylic acids is 1. The average molecular weight is 341 g/mol. The molecule has 0 saturated carbocycles. The van der Waals surface area contributed by atoms with Crippen molar-refractivity contribution in [1.29, 1.82) is 0 Å². The summed E-state index contributed by atoms with van der Waals surface area (Å²) >= 11 is 12.2. The molecule has 1 fully saturated rings. The lowest BCUT2D eigenvalue weighted by atomic mass is 10.1. The topological polar surface area (TPSA) is 71.2 Å². The number of likely N-dealkylation sites (tertiary alicyclic amines) is 1. The Morgan fingerprint density at radius 1 is 1.41 bits per heavy atom. The lowest BCUT2D eigenvalue weighted by Gasteiger charge is -2.12. The van der Waals surface area contributed by atoms with Gasteiger partial charge in [-0.2, -0.15) is 0 Å². The van der Waals surface area contributed by atoms with E-state index in [1.54, 1.807) is 23.0 Å². The van der Waals surface area contributed by atoms with Gasteiger partial charge in [-0.25, -0.2) is 4.68 Å². The lowest BCUT2D eigenvalue weighted by Crippen LogP contribution is -2.22. The average Bonchev–Trinajstić information content (AvgIpc) is 3.12. The van der Waals surface area contributed by atoms with Crippen molar-refractivity contribution < 1.29 is 9.90 Å². The fraction of sp³-hybridized carbons (Fsp3) is 0.357. The fourth-order valence-electron chi connectivity index (χ4n) is 2.56. The van der Waals surface area contributed by atoms with E-state index in [1.165, 1.54) is 0 Å². The van der Waals surface area contributed by atoms with E-state index in [4.69, 9.17) is 28.3 Å². The first-order chi connectivity index (χ1) is 10.5. The number of hydrogen-bond donors (Lipinski definition) is 1. The zero-order valence-corrected chi connectivity index (χ0v) is 13.1. The van der Waals surface area contributed by atoms with Crippen LogP contribution in [0, 0.1) is 5.92 Å². The molecule has 0 spiro atoms. The third-order valence-corrected chi connectivity index (χ3v) is 4.54. The summed E-state index contributed by atoms with van der Waals surface area (Å²) in [5, 5.41) is 18.1. The Labute approximate surface area is 137 Å². The quantitative estimate of drug-likeness (QED) is 0.925. The molecular weight excluding hydrogens is 327 g/mol. The van der Waals surface area contributed by atoms with Gasteiger partial charge in [-0.05, 0) is 25.1 Å². The number of aliphatic carboxylic acids is 1. The zero-order chi connectivity index (χ0) is 15.7. The molecule has 22 heavy (non-hydrogen) atoms. The second-order valence-electron chi connectivity index (χ2n) is 5.29. The van der Waals surface area contributed by atoms with Crippen LogP contribution in [0.2, 0.25) is 10.0 Å². The van der Waals surface area contributed by atoms with Crippen LogP contribution in [0.3, 0.4) is 0 Å². The Bertz CT molecular complexity index is 704. The number of halogens is 2.